The fraction of sp³-hybridized carbons (Fsp3) is 0.800. The Morgan fingerprint density at radius 1 is 1.52 bits per heavy atom. The van der Waals surface area contributed by atoms with Crippen LogP contribution >= 0.6 is 0 Å². The molecule has 1 atom stereocenters. The van der Waals surface area contributed by atoms with Gasteiger partial charge in [-0.25, -0.2) is 4.68 Å². The first-order valence-electron chi connectivity index (χ1n) is 7.64. The molecular weight excluding hydrogens is 268 g/mol. The number of aromatic nitrogens is 3. The highest BCUT2D eigenvalue weighted by atomic mass is 16.3. The van der Waals surface area contributed by atoms with Gasteiger partial charge >= 0.3 is 0 Å². The van der Waals surface area contributed by atoms with Crippen LogP contribution < -0.4 is 5.32 Å². The van der Waals surface area contributed by atoms with Gasteiger partial charge in [-0.15, -0.1) is 5.10 Å². The zero-order valence-electron chi connectivity index (χ0n) is 13.3. The molecular formula is C15H26N4O2. The van der Waals surface area contributed by atoms with Crippen LogP contribution in [-0.2, 0) is 11.3 Å². The fourth-order valence-electron chi connectivity index (χ4n) is 2.49. The van der Waals surface area contributed by atoms with Crippen molar-refractivity contribution >= 4 is 5.91 Å². The first kappa shape index (κ1) is 15.9. The van der Waals surface area contributed by atoms with Gasteiger partial charge in [0.05, 0.1) is 11.8 Å². The molecule has 1 aliphatic carbocycles. The lowest BCUT2D eigenvalue weighted by molar-refractivity contribution is -0.122. The van der Waals surface area contributed by atoms with Crippen LogP contribution in [0.1, 0.15) is 52.1 Å². The van der Waals surface area contributed by atoms with Crippen molar-refractivity contribution in [2.75, 3.05) is 6.54 Å². The first-order chi connectivity index (χ1) is 9.79. The Morgan fingerprint density at radius 3 is 2.76 bits per heavy atom. The van der Waals surface area contributed by atoms with Gasteiger partial charge in [0, 0.05) is 24.1 Å². The van der Waals surface area contributed by atoms with Gasteiger partial charge in [-0.05, 0) is 18.8 Å². The molecule has 0 bridgehead atoms. The van der Waals surface area contributed by atoms with E-state index < -0.39 is 6.10 Å². The van der Waals surface area contributed by atoms with Gasteiger partial charge in [-0.1, -0.05) is 32.9 Å². The van der Waals surface area contributed by atoms with Gasteiger partial charge in [0.2, 0.25) is 5.91 Å². The van der Waals surface area contributed by atoms with E-state index in [2.05, 4.69) is 15.6 Å². The second kappa shape index (κ2) is 6.13. The van der Waals surface area contributed by atoms with Crippen LogP contribution in [0.15, 0.2) is 6.20 Å². The second-order valence-electron chi connectivity index (χ2n) is 7.07. The number of amides is 1. The van der Waals surface area contributed by atoms with E-state index in [1.165, 1.54) is 12.8 Å². The quantitative estimate of drug-likeness (QED) is 0.794. The van der Waals surface area contributed by atoms with Crippen molar-refractivity contribution in [3.05, 3.63) is 11.9 Å². The molecule has 1 unspecified atom stereocenters. The highest BCUT2D eigenvalue weighted by Gasteiger charge is 2.30. The van der Waals surface area contributed by atoms with Crippen molar-refractivity contribution < 1.29 is 9.90 Å². The maximum absolute atomic E-state index is 12.0. The highest BCUT2D eigenvalue weighted by molar-refractivity contribution is 5.75. The molecule has 1 fully saturated rings. The maximum Gasteiger partial charge on any atom is 0.241 e. The van der Waals surface area contributed by atoms with E-state index in [4.69, 9.17) is 0 Å². The number of nitrogens with zero attached hydrogens (tertiary/aromatic N) is 3. The van der Waals surface area contributed by atoms with Crippen molar-refractivity contribution in [2.24, 2.45) is 11.3 Å². The van der Waals surface area contributed by atoms with Crippen LogP contribution in [0.5, 0.6) is 0 Å². The molecule has 6 nitrogen and oxygen atoms in total. The van der Waals surface area contributed by atoms with Crippen LogP contribution in [-0.4, -0.2) is 38.7 Å². The predicted octanol–water partition coefficient (Wildman–Crippen LogP) is 1.31. The molecule has 0 spiro atoms. The summed E-state index contributed by atoms with van der Waals surface area (Å²) in [5.41, 5.74) is 0.629. The number of carbonyl (C=O) groups is 1. The van der Waals surface area contributed by atoms with Gasteiger partial charge in [0.15, 0.2) is 0 Å². The average Bonchev–Trinajstić information content (AvgIpc) is 3.16. The summed E-state index contributed by atoms with van der Waals surface area (Å²) in [6.45, 7) is 8.48. The summed E-state index contributed by atoms with van der Waals surface area (Å²) in [6.07, 6.45) is 3.74. The smallest absolute Gasteiger partial charge is 0.241 e. The van der Waals surface area contributed by atoms with Gasteiger partial charge in [0.1, 0.15) is 6.54 Å². The Hall–Kier alpha value is -1.43. The normalized spacial score (nSPS) is 17.0. The Balaban J connectivity index is 1.81. The fourth-order valence-corrected chi connectivity index (χ4v) is 2.49. The molecule has 6 heteroatoms. The Morgan fingerprint density at radius 2 is 2.19 bits per heavy atom. The first-order valence-corrected chi connectivity index (χ1v) is 7.64. The summed E-state index contributed by atoms with van der Waals surface area (Å²) in [7, 11) is 0. The summed E-state index contributed by atoms with van der Waals surface area (Å²) in [4.78, 5) is 12.0. The van der Waals surface area contributed by atoms with Gasteiger partial charge in [-0.2, -0.15) is 0 Å². The third-order valence-electron chi connectivity index (χ3n) is 4.03. The summed E-state index contributed by atoms with van der Waals surface area (Å²) < 4.78 is 1.58. The predicted molar refractivity (Wildman–Crippen MR) is 79.6 cm³/mol. The summed E-state index contributed by atoms with van der Waals surface area (Å²) in [5, 5.41) is 21.1. The van der Waals surface area contributed by atoms with E-state index in [9.17, 15) is 9.90 Å². The lowest BCUT2D eigenvalue weighted by atomic mass is 9.81. The van der Waals surface area contributed by atoms with E-state index in [0.717, 1.165) is 5.69 Å². The monoisotopic (exact) mass is 294 g/mol. The Kier molecular flexibility index (Phi) is 4.66. The molecule has 1 aromatic heterocycles. The highest BCUT2D eigenvalue weighted by Crippen LogP contribution is 2.38. The third kappa shape index (κ3) is 4.27. The molecule has 1 aliphatic rings. The summed E-state index contributed by atoms with van der Waals surface area (Å²) >= 11 is 0. The standard InChI is InChI=1S/C15H26N4O2/c1-10(2)14(21)15(3,4)9-16-13(20)8-19-7-12(17-18-19)11-5-6-11/h7,10-11,14,21H,5-6,8-9H2,1-4H3,(H,16,20). The van der Waals surface area contributed by atoms with Gasteiger partial charge in [0.25, 0.3) is 0 Å². The minimum atomic E-state index is -0.453. The minimum Gasteiger partial charge on any atom is -0.392 e. The number of hydrogen-bond acceptors (Lipinski definition) is 4. The van der Waals surface area contributed by atoms with E-state index in [1.54, 1.807) is 4.68 Å². The molecule has 0 aromatic carbocycles. The zero-order chi connectivity index (χ0) is 15.6. The van der Waals surface area contributed by atoms with E-state index in [0.29, 0.717) is 12.5 Å². The van der Waals surface area contributed by atoms with Crippen molar-refractivity contribution in [1.29, 1.82) is 0 Å². The topological polar surface area (TPSA) is 80.0 Å². The largest absolute Gasteiger partial charge is 0.392 e. The molecule has 1 aromatic rings. The van der Waals surface area contributed by atoms with Crippen LogP contribution in [0, 0.1) is 11.3 Å². The zero-order valence-corrected chi connectivity index (χ0v) is 13.3. The SMILES string of the molecule is CC(C)C(O)C(C)(C)CNC(=O)Cn1cc(C2CC2)nn1. The van der Waals surface area contributed by atoms with Crippen molar-refractivity contribution in [3.63, 3.8) is 0 Å². The van der Waals surface area contributed by atoms with Crippen LogP contribution in [0.4, 0.5) is 0 Å². The number of hydrogen-bond donors (Lipinski definition) is 2. The third-order valence-corrected chi connectivity index (χ3v) is 4.03. The van der Waals surface area contributed by atoms with E-state index >= 15 is 0 Å². The van der Waals surface area contributed by atoms with Gasteiger partial charge < -0.3 is 10.4 Å². The van der Waals surface area contributed by atoms with Crippen LogP contribution in [0.3, 0.4) is 0 Å². The average molecular weight is 294 g/mol. The number of rotatable bonds is 7. The molecule has 2 N–H and O–H groups in total. The molecule has 2 rings (SSSR count). The molecule has 0 saturated heterocycles. The number of aliphatic hydroxyl groups is 1. The molecule has 1 heterocycles. The summed E-state index contributed by atoms with van der Waals surface area (Å²) in [6, 6.07) is 0. The molecule has 21 heavy (non-hydrogen) atoms. The minimum absolute atomic E-state index is 0.105. The number of aliphatic hydroxyl groups excluding tert-OH is 1. The van der Waals surface area contributed by atoms with Crippen molar-refractivity contribution in [1.82, 2.24) is 20.3 Å². The van der Waals surface area contributed by atoms with Crippen molar-refractivity contribution in [3.8, 4) is 0 Å². The second-order valence-corrected chi connectivity index (χ2v) is 7.07. The lowest BCUT2D eigenvalue weighted by Crippen LogP contribution is -2.44. The molecule has 1 saturated carbocycles. The lowest BCUT2D eigenvalue weighted by Gasteiger charge is -2.33. The van der Waals surface area contributed by atoms with E-state index in [1.807, 2.05) is 33.9 Å². The molecule has 1 amide bonds. The Bertz CT molecular complexity index is 492. The maximum atomic E-state index is 12.0. The number of nitrogens with one attached hydrogen (secondary N) is 1. The van der Waals surface area contributed by atoms with Crippen LogP contribution in [0.25, 0.3) is 0 Å². The molecule has 0 radical (unpaired) electrons. The molecule has 118 valence electrons. The van der Waals surface area contributed by atoms with Crippen molar-refractivity contribution in [2.45, 2.75) is 59.1 Å². The summed E-state index contributed by atoms with van der Waals surface area (Å²) in [5.74, 6) is 0.599. The molecule has 0 aliphatic heterocycles. The Labute approximate surface area is 125 Å². The van der Waals surface area contributed by atoms with Crippen LogP contribution in [0.2, 0.25) is 0 Å². The van der Waals surface area contributed by atoms with Gasteiger partial charge in [-0.3, -0.25) is 4.79 Å². The van der Waals surface area contributed by atoms with E-state index in [-0.39, 0.29) is 23.8 Å². The number of carbonyl (C=O) groups excluding carboxylic acids is 1.